The number of hydrogen-bond acceptors (Lipinski definition) is 2. The lowest BCUT2D eigenvalue weighted by atomic mass is 10.1. The largest absolute Gasteiger partial charge is 0.299 e. The van der Waals surface area contributed by atoms with Crippen LogP contribution in [0.25, 0.3) is 0 Å². The van der Waals surface area contributed by atoms with Crippen molar-refractivity contribution in [1.82, 2.24) is 0 Å². The molecule has 1 saturated carbocycles. The van der Waals surface area contributed by atoms with Crippen molar-refractivity contribution in [3.05, 3.63) is 0 Å². The van der Waals surface area contributed by atoms with Gasteiger partial charge < -0.3 is 0 Å². The van der Waals surface area contributed by atoms with Gasteiger partial charge >= 0.3 is 0 Å². The summed E-state index contributed by atoms with van der Waals surface area (Å²) in [7, 11) is 0. The highest BCUT2D eigenvalue weighted by molar-refractivity contribution is 7.96. The van der Waals surface area contributed by atoms with E-state index in [0.717, 1.165) is 0 Å². The zero-order chi connectivity index (χ0) is 7.07. The van der Waals surface area contributed by atoms with Crippen LogP contribution in [-0.2, 0) is 9.59 Å². The van der Waals surface area contributed by atoms with Gasteiger partial charge in [0.15, 0.2) is 5.12 Å². The van der Waals surface area contributed by atoms with E-state index in [-0.39, 0.29) is 10.9 Å². The number of carbonyl (C=O) groups excluding carboxylic acids is 2. The lowest BCUT2D eigenvalue weighted by Gasteiger charge is -2.01. The highest BCUT2D eigenvalue weighted by Crippen LogP contribution is 2.48. The highest BCUT2D eigenvalue weighted by atomic mass is 32.1. The summed E-state index contributed by atoms with van der Waals surface area (Å²) in [5, 5.41) is -0.269. The van der Waals surface area contributed by atoms with Gasteiger partial charge in [0.25, 0.3) is 0 Å². The van der Waals surface area contributed by atoms with Crippen LogP contribution in [0, 0.1) is 5.41 Å². The van der Waals surface area contributed by atoms with Gasteiger partial charge in [-0.05, 0) is 19.8 Å². The summed E-state index contributed by atoms with van der Waals surface area (Å²) in [5.74, 6) is -0.0394. The molecule has 0 aromatic rings. The standard InChI is InChI=1S/C6H8O2S/c1-4(7)6(2-3-6)5(8)9/h2-3H2,1H3,(H,8,9). The van der Waals surface area contributed by atoms with E-state index in [1.807, 2.05) is 0 Å². The van der Waals surface area contributed by atoms with Gasteiger partial charge in [0, 0.05) is 0 Å². The average molecular weight is 144 g/mol. The third-order valence-electron chi connectivity index (χ3n) is 1.83. The third kappa shape index (κ3) is 0.894. The van der Waals surface area contributed by atoms with Gasteiger partial charge in [-0.2, -0.15) is 0 Å². The molecule has 0 N–H and O–H groups in total. The molecule has 9 heavy (non-hydrogen) atoms. The molecule has 50 valence electrons. The Morgan fingerprint density at radius 3 is 1.89 bits per heavy atom. The zero-order valence-corrected chi connectivity index (χ0v) is 6.07. The Balaban J connectivity index is 2.75. The van der Waals surface area contributed by atoms with Crippen molar-refractivity contribution in [2.75, 3.05) is 0 Å². The van der Waals surface area contributed by atoms with Crippen LogP contribution in [-0.4, -0.2) is 10.9 Å². The third-order valence-corrected chi connectivity index (χ3v) is 2.26. The molecule has 0 aliphatic heterocycles. The molecule has 0 amide bonds. The lowest BCUT2D eigenvalue weighted by molar-refractivity contribution is -0.128. The number of rotatable bonds is 2. The van der Waals surface area contributed by atoms with Crippen LogP contribution in [0.4, 0.5) is 0 Å². The van der Waals surface area contributed by atoms with E-state index < -0.39 is 5.41 Å². The van der Waals surface area contributed by atoms with Gasteiger partial charge in [0.05, 0.1) is 5.41 Å². The monoisotopic (exact) mass is 144 g/mol. The van der Waals surface area contributed by atoms with E-state index >= 15 is 0 Å². The molecule has 0 bridgehead atoms. The smallest absolute Gasteiger partial charge is 0.199 e. The van der Waals surface area contributed by atoms with E-state index in [4.69, 9.17) is 0 Å². The molecule has 0 aromatic carbocycles. The van der Waals surface area contributed by atoms with Gasteiger partial charge in [-0.3, -0.25) is 9.59 Å². The summed E-state index contributed by atoms with van der Waals surface area (Å²) < 4.78 is 0. The summed E-state index contributed by atoms with van der Waals surface area (Å²) in [5.41, 5.74) is -0.664. The normalized spacial score (nSPS) is 21.1. The first-order valence-corrected chi connectivity index (χ1v) is 3.29. The van der Waals surface area contributed by atoms with Crippen LogP contribution >= 0.6 is 12.6 Å². The molecule has 0 spiro atoms. The fourth-order valence-corrected chi connectivity index (χ4v) is 1.22. The molecule has 0 aromatic heterocycles. The Kier molecular flexibility index (Phi) is 1.39. The van der Waals surface area contributed by atoms with Crippen molar-refractivity contribution in [2.45, 2.75) is 19.8 Å². The maximum Gasteiger partial charge on any atom is 0.199 e. The summed E-state index contributed by atoms with van der Waals surface area (Å²) in [6.07, 6.45) is 1.40. The average Bonchev–Trinajstić information content (AvgIpc) is 2.40. The molecule has 2 nitrogen and oxygen atoms in total. The van der Waals surface area contributed by atoms with Gasteiger partial charge in [0.1, 0.15) is 5.78 Å². The molecule has 0 heterocycles. The molecule has 1 rings (SSSR count). The number of Topliss-reactive ketones (excluding diaryl/α,β-unsaturated/α-hetero) is 1. The molecular formula is C6H8O2S. The van der Waals surface area contributed by atoms with Gasteiger partial charge in [-0.15, -0.1) is 12.6 Å². The van der Waals surface area contributed by atoms with Crippen LogP contribution in [0.15, 0.2) is 0 Å². The van der Waals surface area contributed by atoms with Gasteiger partial charge in [0.2, 0.25) is 0 Å². The van der Waals surface area contributed by atoms with Gasteiger partial charge in [-0.1, -0.05) is 0 Å². The Morgan fingerprint density at radius 2 is 1.89 bits per heavy atom. The van der Waals surface area contributed by atoms with Crippen LogP contribution in [0.3, 0.4) is 0 Å². The van der Waals surface area contributed by atoms with Crippen molar-refractivity contribution >= 4 is 23.5 Å². The van der Waals surface area contributed by atoms with E-state index in [2.05, 4.69) is 12.6 Å². The lowest BCUT2D eigenvalue weighted by Crippen LogP contribution is -2.18. The van der Waals surface area contributed by atoms with Crippen LogP contribution in [0.2, 0.25) is 0 Å². The maximum atomic E-state index is 10.7. The Bertz CT molecular complexity index is 154. The molecular weight excluding hydrogens is 136 g/mol. The van der Waals surface area contributed by atoms with Gasteiger partial charge in [-0.25, -0.2) is 0 Å². The summed E-state index contributed by atoms with van der Waals surface area (Å²) >= 11 is 3.62. The van der Waals surface area contributed by atoms with Crippen LogP contribution < -0.4 is 0 Å². The van der Waals surface area contributed by atoms with Crippen LogP contribution in [0.1, 0.15) is 19.8 Å². The fourth-order valence-electron chi connectivity index (χ4n) is 0.842. The second-order valence-corrected chi connectivity index (χ2v) is 2.85. The topological polar surface area (TPSA) is 34.1 Å². The molecule has 1 fully saturated rings. The maximum absolute atomic E-state index is 10.7. The van der Waals surface area contributed by atoms with Crippen molar-refractivity contribution < 1.29 is 9.59 Å². The molecule has 0 saturated heterocycles. The molecule has 0 atom stereocenters. The van der Waals surface area contributed by atoms with E-state index in [0.29, 0.717) is 12.8 Å². The Labute approximate surface area is 59.0 Å². The first kappa shape index (κ1) is 6.81. The minimum absolute atomic E-state index is 0.0394. The zero-order valence-electron chi connectivity index (χ0n) is 5.18. The molecule has 3 heteroatoms. The first-order chi connectivity index (χ1) is 4.09. The second kappa shape index (κ2) is 1.84. The second-order valence-electron chi connectivity index (χ2n) is 2.44. The minimum atomic E-state index is -0.664. The van der Waals surface area contributed by atoms with Crippen LogP contribution in [0.5, 0.6) is 0 Å². The highest BCUT2D eigenvalue weighted by Gasteiger charge is 2.52. The first-order valence-electron chi connectivity index (χ1n) is 2.84. The predicted molar refractivity (Wildman–Crippen MR) is 36.3 cm³/mol. The predicted octanol–water partition coefficient (Wildman–Crippen LogP) is 0.812. The Hall–Kier alpha value is -0.310. The summed E-state index contributed by atoms with van der Waals surface area (Å²) in [4.78, 5) is 21.3. The van der Waals surface area contributed by atoms with E-state index in [1.54, 1.807) is 0 Å². The quantitative estimate of drug-likeness (QED) is 0.459. The summed E-state index contributed by atoms with van der Waals surface area (Å²) in [6, 6.07) is 0. The SMILES string of the molecule is CC(=O)C1(C(=O)S)CC1. The minimum Gasteiger partial charge on any atom is -0.299 e. The fraction of sp³-hybridized carbons (Fsp3) is 0.667. The molecule has 0 radical (unpaired) electrons. The number of carbonyl (C=O) groups is 2. The molecule has 1 aliphatic rings. The van der Waals surface area contributed by atoms with Crippen molar-refractivity contribution in [2.24, 2.45) is 5.41 Å². The number of ketones is 1. The van der Waals surface area contributed by atoms with E-state index in [1.165, 1.54) is 6.92 Å². The number of thiol groups is 1. The van der Waals surface area contributed by atoms with E-state index in [9.17, 15) is 9.59 Å². The molecule has 1 aliphatic carbocycles. The van der Waals surface area contributed by atoms with Crippen molar-refractivity contribution in [3.8, 4) is 0 Å². The molecule has 0 unspecified atom stereocenters. The summed E-state index contributed by atoms with van der Waals surface area (Å²) in [6.45, 7) is 1.45. The Morgan fingerprint density at radius 1 is 1.44 bits per heavy atom. The van der Waals surface area contributed by atoms with Crippen molar-refractivity contribution in [3.63, 3.8) is 0 Å². The van der Waals surface area contributed by atoms with Crippen molar-refractivity contribution in [1.29, 1.82) is 0 Å². The number of hydrogen-bond donors (Lipinski definition) is 1.